The average Bonchev–Trinajstić information content (AvgIpc) is 2.90. The summed E-state index contributed by atoms with van der Waals surface area (Å²) in [7, 11) is 1.32. The fraction of sp³-hybridized carbons (Fsp3) is 0.357. The van der Waals surface area contributed by atoms with Gasteiger partial charge in [-0.25, -0.2) is 14.5 Å². The highest BCUT2D eigenvalue weighted by atomic mass is 16.5. The number of carbonyl (C=O) groups is 1. The van der Waals surface area contributed by atoms with Gasteiger partial charge in [0.2, 0.25) is 0 Å². The van der Waals surface area contributed by atoms with E-state index in [4.69, 9.17) is 10.5 Å². The summed E-state index contributed by atoms with van der Waals surface area (Å²) in [5, 5.41) is 4.48. The Bertz CT molecular complexity index is 634. The van der Waals surface area contributed by atoms with Gasteiger partial charge in [0.25, 0.3) is 0 Å². The minimum atomic E-state index is -0.480. The van der Waals surface area contributed by atoms with Crippen LogP contribution in [0.25, 0.3) is 5.82 Å². The predicted molar refractivity (Wildman–Crippen MR) is 75.9 cm³/mol. The first-order valence-electron chi connectivity index (χ1n) is 6.53. The first-order valence-corrected chi connectivity index (χ1v) is 6.53. The van der Waals surface area contributed by atoms with Crippen LogP contribution in [0.3, 0.4) is 0 Å². The maximum atomic E-state index is 11.7. The van der Waals surface area contributed by atoms with Crippen molar-refractivity contribution in [2.75, 3.05) is 12.8 Å². The predicted octanol–water partition coefficient (Wildman–Crippen LogP) is 1.76. The van der Waals surface area contributed by atoms with E-state index in [0.29, 0.717) is 11.4 Å². The van der Waals surface area contributed by atoms with E-state index in [1.165, 1.54) is 13.3 Å². The van der Waals surface area contributed by atoms with E-state index in [1.807, 2.05) is 19.9 Å². The summed E-state index contributed by atoms with van der Waals surface area (Å²) in [5.74, 6) is -0.0171. The average molecular weight is 274 g/mol. The topological polar surface area (TPSA) is 83.0 Å². The molecule has 20 heavy (non-hydrogen) atoms. The standard InChI is InChI=1S/C14H18N4O2/c1-4-9-8-10(5-2)18(17-9)13-12(15)11(6-7-16-13)14(19)20-3/h6-8H,4-5,15H2,1-3H3. The van der Waals surface area contributed by atoms with Gasteiger partial charge in [0, 0.05) is 11.9 Å². The van der Waals surface area contributed by atoms with Gasteiger partial charge in [-0.15, -0.1) is 0 Å². The second kappa shape index (κ2) is 5.73. The van der Waals surface area contributed by atoms with Gasteiger partial charge >= 0.3 is 5.97 Å². The molecule has 0 fully saturated rings. The number of aryl methyl sites for hydroxylation is 2. The Kier molecular flexibility index (Phi) is 4.02. The third-order valence-corrected chi connectivity index (χ3v) is 3.13. The highest BCUT2D eigenvalue weighted by Gasteiger charge is 2.17. The molecule has 0 saturated heterocycles. The molecule has 0 aliphatic carbocycles. The van der Waals surface area contributed by atoms with Crippen LogP contribution in [0.4, 0.5) is 5.69 Å². The van der Waals surface area contributed by atoms with Crippen molar-refractivity contribution in [1.29, 1.82) is 0 Å². The van der Waals surface area contributed by atoms with Crippen molar-refractivity contribution in [3.63, 3.8) is 0 Å². The molecule has 0 aliphatic rings. The Morgan fingerprint density at radius 1 is 1.40 bits per heavy atom. The SMILES string of the molecule is CCc1cc(CC)n(-c2nccc(C(=O)OC)c2N)n1. The number of hydrogen-bond acceptors (Lipinski definition) is 5. The number of pyridine rings is 1. The summed E-state index contributed by atoms with van der Waals surface area (Å²) in [6, 6.07) is 3.56. The van der Waals surface area contributed by atoms with E-state index in [9.17, 15) is 4.79 Å². The monoisotopic (exact) mass is 274 g/mol. The highest BCUT2D eigenvalue weighted by molar-refractivity contribution is 5.96. The van der Waals surface area contributed by atoms with Gasteiger partial charge in [-0.2, -0.15) is 5.10 Å². The number of nitrogen functional groups attached to an aromatic ring is 1. The van der Waals surface area contributed by atoms with Crippen LogP contribution >= 0.6 is 0 Å². The molecule has 0 unspecified atom stereocenters. The number of nitrogens with two attached hydrogens (primary N) is 1. The Balaban J connectivity index is 2.58. The summed E-state index contributed by atoms with van der Waals surface area (Å²) in [5.41, 5.74) is 8.59. The molecule has 0 saturated carbocycles. The number of nitrogens with zero attached hydrogens (tertiary/aromatic N) is 3. The van der Waals surface area contributed by atoms with Crippen LogP contribution in [0.1, 0.15) is 35.6 Å². The van der Waals surface area contributed by atoms with E-state index in [0.717, 1.165) is 24.2 Å². The molecule has 0 aromatic carbocycles. The van der Waals surface area contributed by atoms with E-state index < -0.39 is 5.97 Å². The summed E-state index contributed by atoms with van der Waals surface area (Å²) in [6.07, 6.45) is 3.16. The van der Waals surface area contributed by atoms with Crippen molar-refractivity contribution in [3.8, 4) is 5.82 Å². The van der Waals surface area contributed by atoms with Crippen molar-refractivity contribution in [3.05, 3.63) is 35.3 Å². The van der Waals surface area contributed by atoms with Gasteiger partial charge in [-0.3, -0.25) is 0 Å². The van der Waals surface area contributed by atoms with Crippen molar-refractivity contribution in [2.45, 2.75) is 26.7 Å². The molecular weight excluding hydrogens is 256 g/mol. The quantitative estimate of drug-likeness (QED) is 0.859. The first kappa shape index (κ1) is 14.0. The molecule has 2 heterocycles. The number of esters is 1. The zero-order valence-electron chi connectivity index (χ0n) is 11.9. The summed E-state index contributed by atoms with van der Waals surface area (Å²) >= 11 is 0. The van der Waals surface area contributed by atoms with Crippen LogP contribution in [0, 0.1) is 0 Å². The van der Waals surface area contributed by atoms with E-state index in [-0.39, 0.29) is 5.69 Å². The first-order chi connectivity index (χ1) is 9.62. The molecule has 0 amide bonds. The number of anilines is 1. The highest BCUT2D eigenvalue weighted by Crippen LogP contribution is 2.22. The summed E-state index contributed by atoms with van der Waals surface area (Å²) in [4.78, 5) is 15.9. The second-order valence-corrected chi connectivity index (χ2v) is 4.33. The third-order valence-electron chi connectivity index (χ3n) is 3.13. The second-order valence-electron chi connectivity index (χ2n) is 4.33. The Labute approximate surface area is 117 Å². The Hall–Kier alpha value is -2.37. The molecule has 2 aromatic rings. The minimum Gasteiger partial charge on any atom is -0.465 e. The summed E-state index contributed by atoms with van der Waals surface area (Å²) < 4.78 is 6.41. The molecule has 0 atom stereocenters. The van der Waals surface area contributed by atoms with E-state index >= 15 is 0 Å². The zero-order valence-corrected chi connectivity index (χ0v) is 11.9. The molecule has 2 aromatic heterocycles. The van der Waals surface area contributed by atoms with E-state index in [1.54, 1.807) is 10.7 Å². The van der Waals surface area contributed by atoms with Gasteiger partial charge in [0.05, 0.1) is 24.1 Å². The molecule has 106 valence electrons. The minimum absolute atomic E-state index is 0.278. The molecule has 2 rings (SSSR count). The van der Waals surface area contributed by atoms with Crippen LogP contribution in [-0.4, -0.2) is 27.8 Å². The lowest BCUT2D eigenvalue weighted by Gasteiger charge is -2.10. The largest absolute Gasteiger partial charge is 0.465 e. The zero-order chi connectivity index (χ0) is 14.7. The number of aromatic nitrogens is 3. The molecule has 6 heteroatoms. The van der Waals surface area contributed by atoms with Crippen LogP contribution < -0.4 is 5.73 Å². The van der Waals surface area contributed by atoms with Gasteiger partial charge < -0.3 is 10.5 Å². The van der Waals surface area contributed by atoms with Crippen molar-refractivity contribution >= 4 is 11.7 Å². The fourth-order valence-corrected chi connectivity index (χ4v) is 2.00. The van der Waals surface area contributed by atoms with Gasteiger partial charge in [-0.1, -0.05) is 13.8 Å². The van der Waals surface area contributed by atoms with Crippen LogP contribution in [0.15, 0.2) is 18.3 Å². The van der Waals surface area contributed by atoms with Gasteiger partial charge in [0.15, 0.2) is 5.82 Å². The lowest BCUT2D eigenvalue weighted by molar-refractivity contribution is 0.0602. The lowest BCUT2D eigenvalue weighted by Crippen LogP contribution is -2.12. The molecule has 0 radical (unpaired) electrons. The van der Waals surface area contributed by atoms with Crippen LogP contribution in [-0.2, 0) is 17.6 Å². The summed E-state index contributed by atoms with van der Waals surface area (Å²) in [6.45, 7) is 4.07. The Morgan fingerprint density at radius 3 is 2.75 bits per heavy atom. The maximum absolute atomic E-state index is 11.7. The van der Waals surface area contributed by atoms with Crippen molar-refractivity contribution in [2.24, 2.45) is 0 Å². The molecule has 0 aliphatic heterocycles. The third kappa shape index (κ3) is 2.36. The van der Waals surface area contributed by atoms with Crippen molar-refractivity contribution in [1.82, 2.24) is 14.8 Å². The van der Waals surface area contributed by atoms with Crippen LogP contribution in [0.5, 0.6) is 0 Å². The molecule has 2 N–H and O–H groups in total. The van der Waals surface area contributed by atoms with E-state index in [2.05, 4.69) is 10.1 Å². The van der Waals surface area contributed by atoms with Gasteiger partial charge in [-0.05, 0) is 25.0 Å². The molecule has 6 nitrogen and oxygen atoms in total. The fourth-order valence-electron chi connectivity index (χ4n) is 2.00. The lowest BCUT2D eigenvalue weighted by atomic mass is 10.2. The number of ether oxygens (including phenoxy) is 1. The van der Waals surface area contributed by atoms with Gasteiger partial charge in [0.1, 0.15) is 0 Å². The molecule has 0 spiro atoms. The Morgan fingerprint density at radius 2 is 2.15 bits per heavy atom. The maximum Gasteiger partial charge on any atom is 0.340 e. The number of carbonyl (C=O) groups excluding carboxylic acids is 1. The number of methoxy groups -OCH3 is 1. The van der Waals surface area contributed by atoms with Crippen LogP contribution in [0.2, 0.25) is 0 Å². The molecule has 0 bridgehead atoms. The van der Waals surface area contributed by atoms with Crippen molar-refractivity contribution < 1.29 is 9.53 Å². The number of hydrogen-bond donors (Lipinski definition) is 1. The normalized spacial score (nSPS) is 10.6. The molecular formula is C14H18N4O2. The smallest absolute Gasteiger partial charge is 0.340 e. The number of rotatable bonds is 4.